The van der Waals surface area contributed by atoms with Gasteiger partial charge in [-0.2, -0.15) is 5.10 Å². The largest absolute Gasteiger partial charge is 0.381 e. The Morgan fingerprint density at radius 2 is 2.44 bits per heavy atom. The van der Waals surface area contributed by atoms with Crippen molar-refractivity contribution >= 4 is 0 Å². The number of aryl methyl sites for hydroxylation is 1. The summed E-state index contributed by atoms with van der Waals surface area (Å²) in [4.78, 5) is 4.36. The molecule has 1 aromatic rings. The highest BCUT2D eigenvalue weighted by Crippen LogP contribution is 2.19. The van der Waals surface area contributed by atoms with E-state index in [4.69, 9.17) is 4.74 Å². The molecule has 102 valence electrons. The van der Waals surface area contributed by atoms with Crippen LogP contribution in [0.4, 0.5) is 0 Å². The van der Waals surface area contributed by atoms with Gasteiger partial charge in [0.2, 0.25) is 0 Å². The lowest BCUT2D eigenvalue weighted by Gasteiger charge is -2.20. The fourth-order valence-electron chi connectivity index (χ4n) is 2.63. The van der Waals surface area contributed by atoms with Crippen LogP contribution >= 0.6 is 0 Å². The predicted octanol–water partition coefficient (Wildman–Crippen LogP) is 1.25. The maximum atomic E-state index is 5.46. The molecule has 1 fully saturated rings. The smallest absolute Gasteiger partial charge is 0.138 e. The summed E-state index contributed by atoms with van der Waals surface area (Å²) in [6, 6.07) is 0.483. The highest BCUT2D eigenvalue weighted by Gasteiger charge is 2.21. The molecular weight excluding hydrogens is 228 g/mol. The van der Waals surface area contributed by atoms with E-state index in [-0.39, 0.29) is 0 Å². The van der Waals surface area contributed by atoms with Crippen LogP contribution in [0.15, 0.2) is 6.33 Å². The molecule has 1 aliphatic rings. The number of hydrogen-bond acceptors (Lipinski definition) is 4. The second-order valence-corrected chi connectivity index (χ2v) is 4.92. The molecule has 0 bridgehead atoms. The van der Waals surface area contributed by atoms with Gasteiger partial charge in [0.1, 0.15) is 12.2 Å². The van der Waals surface area contributed by atoms with E-state index >= 15 is 0 Å². The van der Waals surface area contributed by atoms with Crippen LogP contribution in [-0.2, 0) is 17.7 Å². The Morgan fingerprint density at radius 1 is 1.56 bits per heavy atom. The maximum absolute atomic E-state index is 5.46. The number of ether oxygens (including phenoxy) is 1. The summed E-state index contributed by atoms with van der Waals surface area (Å²) in [5.74, 6) is 1.79. The van der Waals surface area contributed by atoms with Crippen molar-refractivity contribution in [3.05, 3.63) is 12.2 Å². The Balaban J connectivity index is 1.92. The normalized spacial score (nSPS) is 21.3. The Kier molecular flexibility index (Phi) is 5.13. The Morgan fingerprint density at radius 3 is 3.11 bits per heavy atom. The van der Waals surface area contributed by atoms with Gasteiger partial charge in [0, 0.05) is 32.2 Å². The van der Waals surface area contributed by atoms with Gasteiger partial charge in [0.15, 0.2) is 0 Å². The van der Waals surface area contributed by atoms with Gasteiger partial charge in [-0.25, -0.2) is 4.98 Å². The van der Waals surface area contributed by atoms with Crippen LogP contribution in [-0.4, -0.2) is 40.6 Å². The number of nitrogens with zero attached hydrogens (tertiary/aromatic N) is 3. The highest BCUT2D eigenvalue weighted by molar-refractivity contribution is 4.90. The van der Waals surface area contributed by atoms with Gasteiger partial charge in [-0.3, -0.25) is 4.68 Å². The lowest BCUT2D eigenvalue weighted by atomic mass is 9.97. The second kappa shape index (κ2) is 6.85. The first-order valence-electron chi connectivity index (χ1n) is 7.01. The average Bonchev–Trinajstić information content (AvgIpc) is 3.00. The summed E-state index contributed by atoms with van der Waals surface area (Å²) in [5, 5.41) is 7.80. The SMILES string of the molecule is CCNC(Cc1ncnn1CC)CC1CCOC1. The minimum atomic E-state index is 0.483. The van der Waals surface area contributed by atoms with E-state index in [1.807, 2.05) is 4.68 Å². The first-order valence-corrected chi connectivity index (χ1v) is 7.01. The number of aromatic nitrogens is 3. The molecule has 1 aliphatic heterocycles. The lowest BCUT2D eigenvalue weighted by molar-refractivity contribution is 0.181. The van der Waals surface area contributed by atoms with Crippen LogP contribution in [0.1, 0.15) is 32.5 Å². The Hall–Kier alpha value is -0.940. The van der Waals surface area contributed by atoms with Crippen molar-refractivity contribution < 1.29 is 4.74 Å². The first-order chi connectivity index (χ1) is 8.83. The zero-order valence-corrected chi connectivity index (χ0v) is 11.4. The topological polar surface area (TPSA) is 52.0 Å². The third kappa shape index (κ3) is 3.53. The van der Waals surface area contributed by atoms with Crippen molar-refractivity contribution in [1.29, 1.82) is 0 Å². The molecule has 1 saturated heterocycles. The van der Waals surface area contributed by atoms with E-state index in [1.165, 1.54) is 12.8 Å². The molecule has 5 nitrogen and oxygen atoms in total. The van der Waals surface area contributed by atoms with Gasteiger partial charge >= 0.3 is 0 Å². The number of hydrogen-bond donors (Lipinski definition) is 1. The van der Waals surface area contributed by atoms with Crippen molar-refractivity contribution in [1.82, 2.24) is 20.1 Å². The third-order valence-electron chi connectivity index (χ3n) is 3.56. The fourth-order valence-corrected chi connectivity index (χ4v) is 2.63. The Bertz CT molecular complexity index is 347. The maximum Gasteiger partial charge on any atom is 0.138 e. The second-order valence-electron chi connectivity index (χ2n) is 4.92. The molecule has 0 spiro atoms. The minimum Gasteiger partial charge on any atom is -0.381 e. The molecule has 18 heavy (non-hydrogen) atoms. The van der Waals surface area contributed by atoms with Crippen LogP contribution in [0.25, 0.3) is 0 Å². The predicted molar refractivity (Wildman–Crippen MR) is 70.4 cm³/mol. The molecule has 0 saturated carbocycles. The van der Waals surface area contributed by atoms with Crippen molar-refractivity contribution in [2.75, 3.05) is 19.8 Å². The summed E-state index contributed by atoms with van der Waals surface area (Å²) < 4.78 is 7.44. The molecule has 0 aromatic carbocycles. The molecule has 1 aromatic heterocycles. The molecule has 2 heterocycles. The average molecular weight is 252 g/mol. The fraction of sp³-hybridized carbons (Fsp3) is 0.846. The standard InChI is InChI=1S/C13H24N4O/c1-3-14-12(7-11-5-6-18-9-11)8-13-15-10-16-17(13)4-2/h10-12,14H,3-9H2,1-2H3. The van der Waals surface area contributed by atoms with Crippen LogP contribution in [0.3, 0.4) is 0 Å². The monoisotopic (exact) mass is 252 g/mol. The number of nitrogens with one attached hydrogen (secondary N) is 1. The van der Waals surface area contributed by atoms with E-state index in [0.29, 0.717) is 12.0 Å². The van der Waals surface area contributed by atoms with Crippen molar-refractivity contribution in [2.45, 2.75) is 45.7 Å². The quantitative estimate of drug-likeness (QED) is 0.793. The summed E-state index contributed by atoms with van der Waals surface area (Å²) in [7, 11) is 0. The molecule has 2 unspecified atom stereocenters. The molecule has 1 N–H and O–H groups in total. The Labute approximate surface area is 109 Å². The van der Waals surface area contributed by atoms with Gasteiger partial charge in [-0.1, -0.05) is 6.92 Å². The number of rotatable bonds is 7. The van der Waals surface area contributed by atoms with Crippen molar-refractivity contribution in [3.8, 4) is 0 Å². The van der Waals surface area contributed by atoms with Gasteiger partial charge in [0.25, 0.3) is 0 Å². The van der Waals surface area contributed by atoms with Crippen LogP contribution in [0.2, 0.25) is 0 Å². The van der Waals surface area contributed by atoms with Crippen LogP contribution in [0.5, 0.6) is 0 Å². The van der Waals surface area contributed by atoms with Crippen LogP contribution in [0, 0.1) is 5.92 Å². The van der Waals surface area contributed by atoms with E-state index in [9.17, 15) is 0 Å². The molecule has 2 atom stereocenters. The van der Waals surface area contributed by atoms with E-state index in [2.05, 4.69) is 29.2 Å². The van der Waals surface area contributed by atoms with Crippen molar-refractivity contribution in [3.63, 3.8) is 0 Å². The molecule has 0 aliphatic carbocycles. The number of likely N-dealkylation sites (N-methyl/N-ethyl adjacent to an activating group) is 1. The third-order valence-corrected chi connectivity index (χ3v) is 3.56. The molecule has 2 rings (SSSR count). The molecule has 0 radical (unpaired) electrons. The first kappa shape index (κ1) is 13.5. The van der Waals surface area contributed by atoms with Gasteiger partial charge in [-0.15, -0.1) is 0 Å². The molecule has 0 amide bonds. The highest BCUT2D eigenvalue weighted by atomic mass is 16.5. The summed E-state index contributed by atoms with van der Waals surface area (Å²) in [5.41, 5.74) is 0. The summed E-state index contributed by atoms with van der Waals surface area (Å²) in [6.45, 7) is 7.99. The van der Waals surface area contributed by atoms with E-state index < -0.39 is 0 Å². The van der Waals surface area contributed by atoms with Gasteiger partial charge in [-0.05, 0) is 32.2 Å². The summed E-state index contributed by atoms with van der Waals surface area (Å²) in [6.07, 6.45) is 4.98. The van der Waals surface area contributed by atoms with Gasteiger partial charge in [0.05, 0.1) is 0 Å². The van der Waals surface area contributed by atoms with Crippen molar-refractivity contribution in [2.24, 2.45) is 5.92 Å². The van der Waals surface area contributed by atoms with E-state index in [1.54, 1.807) is 6.33 Å². The molecule has 5 heteroatoms. The minimum absolute atomic E-state index is 0.483. The zero-order valence-electron chi connectivity index (χ0n) is 11.4. The molecular formula is C13H24N4O. The van der Waals surface area contributed by atoms with E-state index in [0.717, 1.165) is 38.5 Å². The van der Waals surface area contributed by atoms with Gasteiger partial charge < -0.3 is 10.1 Å². The summed E-state index contributed by atoms with van der Waals surface area (Å²) >= 11 is 0. The zero-order chi connectivity index (χ0) is 12.8. The lowest BCUT2D eigenvalue weighted by Crippen LogP contribution is -2.34. The van der Waals surface area contributed by atoms with Crippen LogP contribution < -0.4 is 5.32 Å².